The lowest BCUT2D eigenvalue weighted by molar-refractivity contribution is -0.140. The normalized spacial score (nSPS) is 45.6. The molecule has 1 amide bonds. The van der Waals surface area contributed by atoms with Crippen molar-refractivity contribution in [3.63, 3.8) is 0 Å². The average Bonchev–Trinajstić information content (AvgIpc) is 2.30. The molecule has 3 atom stereocenters. The number of carbonyl (C=O) groups excluding carboxylic acids is 1. The summed E-state index contributed by atoms with van der Waals surface area (Å²) in [7, 11) is 0. The van der Waals surface area contributed by atoms with Gasteiger partial charge < -0.3 is 11.1 Å². The fraction of sp³-hybridized carbons (Fsp3) is 0.944. The number of rotatable bonds is 5. The molecule has 0 heterocycles. The van der Waals surface area contributed by atoms with Crippen LogP contribution in [0.4, 0.5) is 0 Å². The Morgan fingerprint density at radius 1 is 1.19 bits per heavy atom. The molecule has 120 valence electrons. The summed E-state index contributed by atoms with van der Waals surface area (Å²) in [5.74, 6) is 1.40. The third-order valence-electron chi connectivity index (χ3n) is 6.42. The van der Waals surface area contributed by atoms with Crippen LogP contribution in [-0.2, 0) is 4.79 Å². The van der Waals surface area contributed by atoms with E-state index in [0.29, 0.717) is 29.7 Å². The summed E-state index contributed by atoms with van der Waals surface area (Å²) < 4.78 is 0. The smallest absolute Gasteiger partial charge is 0.220 e. The molecule has 0 aromatic carbocycles. The number of hydrogen-bond acceptors (Lipinski definition) is 2. The van der Waals surface area contributed by atoms with Crippen LogP contribution in [0.25, 0.3) is 0 Å². The molecule has 4 aliphatic rings. The number of amides is 1. The highest BCUT2D eigenvalue weighted by atomic mass is 16.1. The van der Waals surface area contributed by atoms with Crippen molar-refractivity contribution >= 4 is 5.91 Å². The molecule has 4 saturated carbocycles. The minimum Gasteiger partial charge on any atom is -0.351 e. The maximum Gasteiger partial charge on any atom is 0.220 e. The molecular weight excluding hydrogens is 260 g/mol. The molecule has 3 N–H and O–H groups in total. The minimum atomic E-state index is 0.0902. The summed E-state index contributed by atoms with van der Waals surface area (Å²) in [5, 5.41) is 3.48. The predicted octanol–water partition coefficient (Wildman–Crippen LogP) is 3.23. The van der Waals surface area contributed by atoms with Crippen molar-refractivity contribution < 1.29 is 4.79 Å². The molecule has 21 heavy (non-hydrogen) atoms. The van der Waals surface area contributed by atoms with Crippen LogP contribution in [0.3, 0.4) is 0 Å². The van der Waals surface area contributed by atoms with Crippen molar-refractivity contribution in [2.45, 2.75) is 77.7 Å². The molecule has 4 fully saturated rings. The minimum absolute atomic E-state index is 0.0902. The lowest BCUT2D eigenvalue weighted by Gasteiger charge is -2.65. The molecule has 0 spiro atoms. The first-order chi connectivity index (χ1) is 9.79. The summed E-state index contributed by atoms with van der Waals surface area (Å²) in [5.41, 5.74) is 6.76. The second-order valence-corrected chi connectivity index (χ2v) is 9.17. The van der Waals surface area contributed by atoms with Gasteiger partial charge in [-0.05, 0) is 67.7 Å². The summed E-state index contributed by atoms with van der Waals surface area (Å²) >= 11 is 0. The Bertz CT molecular complexity index is 411. The molecule has 0 radical (unpaired) electrons. The second kappa shape index (κ2) is 4.97. The fourth-order valence-electron chi connectivity index (χ4n) is 6.59. The van der Waals surface area contributed by atoms with Crippen molar-refractivity contribution in [2.24, 2.45) is 28.4 Å². The quantitative estimate of drug-likeness (QED) is 0.817. The Hall–Kier alpha value is -0.570. The van der Waals surface area contributed by atoms with Gasteiger partial charge in [0.05, 0.1) is 0 Å². The predicted molar refractivity (Wildman–Crippen MR) is 85.7 cm³/mol. The molecule has 3 unspecified atom stereocenters. The molecular formula is C18H32N2O. The third kappa shape index (κ3) is 2.86. The van der Waals surface area contributed by atoms with E-state index in [1.807, 2.05) is 0 Å². The molecule has 0 aromatic heterocycles. The molecule has 4 aliphatic carbocycles. The largest absolute Gasteiger partial charge is 0.351 e. The maximum atomic E-state index is 12.5. The highest BCUT2D eigenvalue weighted by Crippen LogP contribution is 2.66. The van der Waals surface area contributed by atoms with Gasteiger partial charge in [-0.25, -0.2) is 0 Å². The number of hydrogen-bond donors (Lipinski definition) is 2. The van der Waals surface area contributed by atoms with E-state index in [0.717, 1.165) is 12.3 Å². The Labute approximate surface area is 129 Å². The van der Waals surface area contributed by atoms with Crippen LogP contribution < -0.4 is 11.1 Å². The first kappa shape index (κ1) is 15.3. The van der Waals surface area contributed by atoms with Gasteiger partial charge in [-0.3, -0.25) is 4.79 Å². The van der Waals surface area contributed by atoms with Crippen molar-refractivity contribution in [3.8, 4) is 0 Å². The van der Waals surface area contributed by atoms with Gasteiger partial charge in [-0.2, -0.15) is 0 Å². The highest BCUT2D eigenvalue weighted by Gasteiger charge is 2.60. The van der Waals surface area contributed by atoms with Gasteiger partial charge in [-0.1, -0.05) is 27.2 Å². The summed E-state index contributed by atoms with van der Waals surface area (Å²) in [6.45, 7) is 7.64. The summed E-state index contributed by atoms with van der Waals surface area (Å²) in [6.07, 6.45) is 9.30. The average molecular weight is 292 g/mol. The van der Waals surface area contributed by atoms with E-state index in [1.54, 1.807) is 0 Å². The lowest BCUT2D eigenvalue weighted by atomic mass is 9.43. The van der Waals surface area contributed by atoms with Gasteiger partial charge in [0.1, 0.15) is 0 Å². The number of carbonyl (C=O) groups is 1. The molecule has 3 heteroatoms. The SMILES string of the molecule is CCC(CN)CC(=O)NC12CC3CC(C)(CC(C)(C3)C1)C2. The summed E-state index contributed by atoms with van der Waals surface area (Å²) in [4.78, 5) is 12.5. The molecule has 0 aromatic rings. The first-order valence-corrected chi connectivity index (χ1v) is 8.80. The van der Waals surface area contributed by atoms with Gasteiger partial charge in [0.15, 0.2) is 0 Å². The topological polar surface area (TPSA) is 55.1 Å². The number of nitrogens with two attached hydrogens (primary N) is 1. The van der Waals surface area contributed by atoms with E-state index in [-0.39, 0.29) is 11.4 Å². The second-order valence-electron chi connectivity index (χ2n) is 9.17. The molecule has 3 nitrogen and oxygen atoms in total. The fourth-order valence-corrected chi connectivity index (χ4v) is 6.59. The van der Waals surface area contributed by atoms with Crippen LogP contribution in [0, 0.1) is 22.7 Å². The van der Waals surface area contributed by atoms with Crippen LogP contribution in [0.5, 0.6) is 0 Å². The third-order valence-corrected chi connectivity index (χ3v) is 6.42. The molecule has 0 aliphatic heterocycles. The monoisotopic (exact) mass is 292 g/mol. The van der Waals surface area contributed by atoms with Crippen LogP contribution in [0.1, 0.15) is 72.1 Å². The van der Waals surface area contributed by atoms with Gasteiger partial charge >= 0.3 is 0 Å². The van der Waals surface area contributed by atoms with Gasteiger partial charge in [0, 0.05) is 12.0 Å². The van der Waals surface area contributed by atoms with E-state index in [2.05, 4.69) is 26.1 Å². The Morgan fingerprint density at radius 3 is 2.29 bits per heavy atom. The van der Waals surface area contributed by atoms with Crippen LogP contribution in [0.2, 0.25) is 0 Å². The number of nitrogens with one attached hydrogen (secondary N) is 1. The molecule has 0 saturated heterocycles. The Morgan fingerprint density at radius 2 is 1.81 bits per heavy atom. The zero-order valence-corrected chi connectivity index (χ0v) is 14.0. The van der Waals surface area contributed by atoms with Crippen molar-refractivity contribution in [1.29, 1.82) is 0 Å². The first-order valence-electron chi connectivity index (χ1n) is 8.80. The standard InChI is InChI=1S/C18H32N2O/c1-4-13(9-19)5-15(21)20-18-8-14-6-16(2,11-18)10-17(3,7-14)12-18/h13-14H,4-12,19H2,1-3H3,(H,20,21). The molecule has 4 bridgehead atoms. The van der Waals surface area contributed by atoms with Crippen LogP contribution in [-0.4, -0.2) is 18.0 Å². The van der Waals surface area contributed by atoms with Crippen molar-refractivity contribution in [3.05, 3.63) is 0 Å². The van der Waals surface area contributed by atoms with Crippen molar-refractivity contribution in [1.82, 2.24) is 5.32 Å². The molecule has 4 rings (SSSR count). The highest BCUT2D eigenvalue weighted by molar-refractivity contribution is 5.77. The van der Waals surface area contributed by atoms with E-state index >= 15 is 0 Å². The zero-order valence-electron chi connectivity index (χ0n) is 14.0. The Kier molecular flexibility index (Phi) is 3.63. The maximum absolute atomic E-state index is 12.5. The van der Waals surface area contributed by atoms with E-state index in [4.69, 9.17) is 5.73 Å². The Balaban J connectivity index is 1.71. The van der Waals surface area contributed by atoms with E-state index in [9.17, 15) is 4.79 Å². The summed E-state index contributed by atoms with van der Waals surface area (Å²) in [6, 6.07) is 0. The van der Waals surface area contributed by atoms with Gasteiger partial charge in [-0.15, -0.1) is 0 Å². The van der Waals surface area contributed by atoms with Gasteiger partial charge in [0.25, 0.3) is 0 Å². The van der Waals surface area contributed by atoms with Gasteiger partial charge in [0.2, 0.25) is 5.91 Å². The van der Waals surface area contributed by atoms with Crippen LogP contribution in [0.15, 0.2) is 0 Å². The lowest BCUT2D eigenvalue weighted by Crippen LogP contribution is -2.65. The van der Waals surface area contributed by atoms with Crippen LogP contribution >= 0.6 is 0 Å². The van der Waals surface area contributed by atoms with Crippen molar-refractivity contribution in [2.75, 3.05) is 6.54 Å². The van der Waals surface area contributed by atoms with E-state index in [1.165, 1.54) is 38.5 Å². The zero-order chi connectivity index (χ0) is 15.3. The van der Waals surface area contributed by atoms with E-state index < -0.39 is 0 Å².